The van der Waals surface area contributed by atoms with E-state index >= 15 is 0 Å². The lowest BCUT2D eigenvalue weighted by Gasteiger charge is -2.29. The first-order chi connectivity index (χ1) is 19.0. The number of carbonyl (C=O) groups is 2. The second-order valence-electron chi connectivity index (χ2n) is 9.40. The minimum atomic E-state index is -0.294. The molecular formula is C29H32N2O7S. The summed E-state index contributed by atoms with van der Waals surface area (Å²) in [7, 11) is 3.07. The molecule has 0 spiro atoms. The molecular weight excluding hydrogens is 520 g/mol. The molecule has 39 heavy (non-hydrogen) atoms. The van der Waals surface area contributed by atoms with E-state index in [-0.39, 0.29) is 31.3 Å². The Bertz CT molecular complexity index is 1290. The smallest absolute Gasteiger partial charge is 0.258 e. The molecule has 1 atom stereocenters. The largest absolute Gasteiger partial charge is 0.497 e. The van der Waals surface area contributed by atoms with Crippen LogP contribution in [-0.2, 0) is 22.6 Å². The van der Waals surface area contributed by atoms with Crippen LogP contribution in [0.3, 0.4) is 0 Å². The van der Waals surface area contributed by atoms with Crippen molar-refractivity contribution in [2.75, 3.05) is 40.7 Å². The molecule has 9 nitrogen and oxygen atoms in total. The van der Waals surface area contributed by atoms with E-state index in [1.807, 2.05) is 35.7 Å². The lowest BCUT2D eigenvalue weighted by Crippen LogP contribution is -2.45. The van der Waals surface area contributed by atoms with Crippen molar-refractivity contribution in [3.63, 3.8) is 0 Å². The van der Waals surface area contributed by atoms with E-state index in [0.717, 1.165) is 23.3 Å². The summed E-state index contributed by atoms with van der Waals surface area (Å²) in [5.41, 5.74) is 1.28. The van der Waals surface area contributed by atoms with Crippen LogP contribution in [0.5, 0.6) is 23.0 Å². The molecule has 2 aliphatic rings. The summed E-state index contributed by atoms with van der Waals surface area (Å²) in [4.78, 5) is 32.1. The van der Waals surface area contributed by atoms with E-state index < -0.39 is 0 Å². The van der Waals surface area contributed by atoms with Crippen LogP contribution in [0.1, 0.15) is 33.6 Å². The van der Waals surface area contributed by atoms with E-state index in [1.54, 1.807) is 46.4 Å². The van der Waals surface area contributed by atoms with E-state index in [4.69, 9.17) is 23.7 Å². The zero-order chi connectivity index (χ0) is 27.2. The third-order valence-corrected chi connectivity index (χ3v) is 7.65. The fourth-order valence-electron chi connectivity index (χ4n) is 4.74. The Labute approximate surface area is 231 Å². The van der Waals surface area contributed by atoms with E-state index in [1.165, 1.54) is 7.11 Å². The highest BCUT2D eigenvalue weighted by Crippen LogP contribution is 2.33. The van der Waals surface area contributed by atoms with E-state index in [0.29, 0.717) is 54.8 Å². The standard InChI is InChI=1S/C29H32N2O7S/c1-34-21-8-9-24(26(14-21)35-2)29(33)31(16-22-5-3-11-36-22)18-28(32)30(17-23-6-4-12-39-23)15-20-7-10-25-27(13-20)38-19-37-25/h4,6-10,12-14,22H,3,5,11,15-19H2,1-2H3. The normalized spacial score (nSPS) is 15.7. The van der Waals surface area contributed by atoms with Gasteiger partial charge in [-0.05, 0) is 54.1 Å². The molecule has 0 N–H and O–H groups in total. The first-order valence-corrected chi connectivity index (χ1v) is 13.7. The third-order valence-electron chi connectivity index (χ3n) is 6.79. The predicted molar refractivity (Wildman–Crippen MR) is 146 cm³/mol. The maximum absolute atomic E-state index is 13.9. The Morgan fingerprint density at radius 1 is 1.00 bits per heavy atom. The van der Waals surface area contributed by atoms with Gasteiger partial charge in [-0.2, -0.15) is 0 Å². The van der Waals surface area contributed by atoms with Crippen LogP contribution in [0.25, 0.3) is 0 Å². The van der Waals surface area contributed by atoms with Crippen molar-refractivity contribution in [2.24, 2.45) is 0 Å². The molecule has 2 aliphatic heterocycles. The molecule has 206 valence electrons. The number of benzene rings is 2. The predicted octanol–water partition coefficient (Wildman–Crippen LogP) is 4.34. The highest BCUT2D eigenvalue weighted by Gasteiger charge is 2.29. The maximum Gasteiger partial charge on any atom is 0.258 e. The Kier molecular flexibility index (Phi) is 8.53. The third kappa shape index (κ3) is 6.46. The summed E-state index contributed by atoms with van der Waals surface area (Å²) in [5, 5.41) is 1.99. The molecule has 0 saturated carbocycles. The lowest BCUT2D eigenvalue weighted by atomic mass is 10.1. The van der Waals surface area contributed by atoms with Gasteiger partial charge in [0.15, 0.2) is 11.5 Å². The topological polar surface area (TPSA) is 86.8 Å². The molecule has 2 aromatic carbocycles. The van der Waals surface area contributed by atoms with Gasteiger partial charge in [0.1, 0.15) is 18.0 Å². The van der Waals surface area contributed by atoms with Crippen LogP contribution in [0.4, 0.5) is 0 Å². The van der Waals surface area contributed by atoms with Crippen molar-refractivity contribution < 1.29 is 33.3 Å². The average Bonchev–Trinajstić information content (AvgIpc) is 3.75. The quantitative estimate of drug-likeness (QED) is 0.350. The highest BCUT2D eigenvalue weighted by molar-refractivity contribution is 7.09. The summed E-state index contributed by atoms with van der Waals surface area (Å²) in [6.07, 6.45) is 1.65. The molecule has 1 fully saturated rings. The van der Waals surface area contributed by atoms with Gasteiger partial charge in [-0.1, -0.05) is 12.1 Å². The van der Waals surface area contributed by atoms with E-state index in [2.05, 4.69) is 0 Å². The molecule has 10 heteroatoms. The molecule has 1 aromatic heterocycles. The molecule has 3 heterocycles. The van der Waals surface area contributed by atoms with Crippen molar-refractivity contribution in [1.82, 2.24) is 9.80 Å². The molecule has 0 aliphatic carbocycles. The zero-order valence-corrected chi connectivity index (χ0v) is 22.9. The minimum Gasteiger partial charge on any atom is -0.497 e. The summed E-state index contributed by atoms with van der Waals surface area (Å²) in [6.45, 7) is 1.85. The van der Waals surface area contributed by atoms with Gasteiger partial charge in [-0.15, -0.1) is 11.3 Å². The number of rotatable bonds is 11. The second-order valence-corrected chi connectivity index (χ2v) is 10.4. The van der Waals surface area contributed by atoms with Gasteiger partial charge < -0.3 is 33.5 Å². The van der Waals surface area contributed by atoms with Gasteiger partial charge in [0.2, 0.25) is 12.7 Å². The van der Waals surface area contributed by atoms with Crippen LogP contribution in [0, 0.1) is 0 Å². The summed E-state index contributed by atoms with van der Waals surface area (Å²) in [6, 6.07) is 14.7. The molecule has 2 amide bonds. The van der Waals surface area contributed by atoms with Crippen LogP contribution < -0.4 is 18.9 Å². The van der Waals surface area contributed by atoms with Crippen LogP contribution in [-0.4, -0.2) is 68.4 Å². The number of ether oxygens (including phenoxy) is 5. The number of hydrogen-bond acceptors (Lipinski definition) is 8. The number of methoxy groups -OCH3 is 2. The first-order valence-electron chi connectivity index (χ1n) is 12.9. The molecule has 1 saturated heterocycles. The van der Waals surface area contributed by atoms with Crippen molar-refractivity contribution in [3.05, 3.63) is 69.9 Å². The lowest BCUT2D eigenvalue weighted by molar-refractivity contribution is -0.133. The number of nitrogens with zero attached hydrogens (tertiary/aromatic N) is 2. The van der Waals surface area contributed by atoms with Crippen LogP contribution >= 0.6 is 11.3 Å². The molecule has 0 bridgehead atoms. The average molecular weight is 553 g/mol. The number of hydrogen-bond donors (Lipinski definition) is 0. The number of amides is 2. The fourth-order valence-corrected chi connectivity index (χ4v) is 5.46. The van der Waals surface area contributed by atoms with Crippen LogP contribution in [0.15, 0.2) is 53.9 Å². The highest BCUT2D eigenvalue weighted by atomic mass is 32.1. The van der Waals surface area contributed by atoms with E-state index in [9.17, 15) is 9.59 Å². The molecule has 0 radical (unpaired) electrons. The molecule has 5 rings (SSSR count). The van der Waals surface area contributed by atoms with Gasteiger partial charge in [0, 0.05) is 30.6 Å². The summed E-state index contributed by atoms with van der Waals surface area (Å²) >= 11 is 1.59. The molecule has 1 unspecified atom stereocenters. The molecule has 3 aromatic rings. The first kappa shape index (κ1) is 26.8. The van der Waals surface area contributed by atoms with Gasteiger partial charge in [0.25, 0.3) is 5.91 Å². The van der Waals surface area contributed by atoms with Crippen molar-refractivity contribution in [1.29, 1.82) is 0 Å². The number of fused-ring (bicyclic) bond motifs is 1. The minimum absolute atomic E-state index is 0.0934. The SMILES string of the molecule is COc1ccc(C(=O)N(CC(=O)N(Cc2ccc3c(c2)OCO3)Cc2cccs2)CC2CCCO2)c(OC)c1. The summed E-state index contributed by atoms with van der Waals surface area (Å²) < 4.78 is 27.6. The van der Waals surface area contributed by atoms with Crippen LogP contribution in [0.2, 0.25) is 0 Å². The Morgan fingerprint density at radius 2 is 1.87 bits per heavy atom. The van der Waals surface area contributed by atoms with Gasteiger partial charge in [-0.3, -0.25) is 9.59 Å². The number of thiophene rings is 1. The van der Waals surface area contributed by atoms with Gasteiger partial charge in [0.05, 0.1) is 32.4 Å². The zero-order valence-electron chi connectivity index (χ0n) is 22.1. The Hall–Kier alpha value is -3.76. The Balaban J connectivity index is 1.39. The second kappa shape index (κ2) is 12.4. The van der Waals surface area contributed by atoms with Crippen molar-refractivity contribution >= 4 is 23.2 Å². The Morgan fingerprint density at radius 3 is 2.62 bits per heavy atom. The van der Waals surface area contributed by atoms with Gasteiger partial charge >= 0.3 is 0 Å². The van der Waals surface area contributed by atoms with Crippen molar-refractivity contribution in [2.45, 2.75) is 32.0 Å². The van der Waals surface area contributed by atoms with Gasteiger partial charge in [-0.25, -0.2) is 0 Å². The monoisotopic (exact) mass is 552 g/mol. The number of carbonyl (C=O) groups excluding carboxylic acids is 2. The van der Waals surface area contributed by atoms with Crippen molar-refractivity contribution in [3.8, 4) is 23.0 Å². The fraction of sp³-hybridized carbons (Fsp3) is 0.379. The summed E-state index contributed by atoms with van der Waals surface area (Å²) in [5.74, 6) is 1.86. The maximum atomic E-state index is 13.9.